The van der Waals surface area contributed by atoms with Crippen molar-refractivity contribution in [1.82, 2.24) is 24.6 Å². The number of aromatic hydroxyl groups is 1. The average Bonchev–Trinajstić information content (AvgIpc) is 3.16. The molecule has 0 unspecified atom stereocenters. The Kier molecular flexibility index (Phi) is 6.00. The first-order chi connectivity index (χ1) is 15.8. The summed E-state index contributed by atoms with van der Waals surface area (Å²) in [7, 11) is 3.62. The number of phenols is 1. The van der Waals surface area contributed by atoms with Crippen molar-refractivity contribution in [2.24, 2.45) is 0 Å². The topological polar surface area (TPSA) is 96.2 Å². The second-order valence-electron chi connectivity index (χ2n) is 8.07. The quantitative estimate of drug-likeness (QED) is 0.464. The van der Waals surface area contributed by atoms with Gasteiger partial charge >= 0.3 is 0 Å². The molecule has 0 aliphatic carbocycles. The van der Waals surface area contributed by atoms with E-state index in [-0.39, 0.29) is 11.7 Å². The molecule has 0 radical (unpaired) electrons. The van der Waals surface area contributed by atoms with Crippen LogP contribution in [0.5, 0.6) is 5.75 Å². The number of nitrogens with zero attached hydrogens (tertiary/aromatic N) is 5. The van der Waals surface area contributed by atoms with E-state index in [1.54, 1.807) is 42.4 Å². The zero-order valence-corrected chi connectivity index (χ0v) is 19.5. The highest BCUT2D eigenvalue weighted by Gasteiger charge is 2.20. The molecule has 0 atom stereocenters. The fourth-order valence-electron chi connectivity index (χ4n) is 3.98. The van der Waals surface area contributed by atoms with Gasteiger partial charge in [0, 0.05) is 43.8 Å². The molecule has 0 fully saturated rings. The number of carbonyl (C=O) groups excluding carboxylic acids is 1. The molecule has 0 bridgehead atoms. The largest absolute Gasteiger partial charge is 0.508 e. The van der Waals surface area contributed by atoms with Gasteiger partial charge in [-0.25, -0.2) is 9.97 Å². The fraction of sp³-hybridized carbons (Fsp3) is 0.280. The summed E-state index contributed by atoms with van der Waals surface area (Å²) in [5, 5.41) is 18.2. The van der Waals surface area contributed by atoms with Gasteiger partial charge < -0.3 is 15.3 Å². The van der Waals surface area contributed by atoms with Crippen LogP contribution in [0.25, 0.3) is 22.3 Å². The molecule has 0 aliphatic heterocycles. The van der Waals surface area contributed by atoms with Gasteiger partial charge in [-0.2, -0.15) is 5.10 Å². The number of carbonyl (C=O) groups is 1. The van der Waals surface area contributed by atoms with E-state index in [1.165, 1.54) is 0 Å². The molecule has 4 rings (SSSR count). The molecule has 0 saturated carbocycles. The number of hydrogen-bond donors (Lipinski definition) is 2. The van der Waals surface area contributed by atoms with Crippen LogP contribution in [0.1, 0.15) is 34.2 Å². The van der Waals surface area contributed by atoms with Gasteiger partial charge in [0.15, 0.2) is 0 Å². The van der Waals surface area contributed by atoms with E-state index < -0.39 is 0 Å². The summed E-state index contributed by atoms with van der Waals surface area (Å²) in [6, 6.07) is 10.5. The van der Waals surface area contributed by atoms with Crippen LogP contribution in [-0.2, 0) is 13.1 Å². The molecular formula is C25H28N6O2. The van der Waals surface area contributed by atoms with E-state index >= 15 is 0 Å². The summed E-state index contributed by atoms with van der Waals surface area (Å²) in [4.78, 5) is 24.6. The van der Waals surface area contributed by atoms with Crippen molar-refractivity contribution >= 4 is 22.5 Å². The molecule has 8 nitrogen and oxygen atoms in total. The minimum Gasteiger partial charge on any atom is -0.508 e. The van der Waals surface area contributed by atoms with Crippen LogP contribution >= 0.6 is 0 Å². The van der Waals surface area contributed by atoms with E-state index in [0.29, 0.717) is 34.4 Å². The van der Waals surface area contributed by atoms with Gasteiger partial charge in [0.1, 0.15) is 5.75 Å². The van der Waals surface area contributed by atoms with Gasteiger partial charge in [-0.05, 0) is 57.2 Å². The summed E-state index contributed by atoms with van der Waals surface area (Å²) in [6.07, 6.45) is 1.81. The maximum atomic E-state index is 13.6. The Balaban J connectivity index is 1.77. The van der Waals surface area contributed by atoms with Crippen molar-refractivity contribution in [3.05, 3.63) is 65.1 Å². The minimum absolute atomic E-state index is 0.0844. The van der Waals surface area contributed by atoms with Crippen LogP contribution in [0.15, 0.2) is 42.6 Å². The SMILES string of the molecule is CCn1ncc(CN(C)C(=O)c2cc(-c3ccc(NC)c(C)n3)nc3ccc(O)cc23)c1C. The first-order valence-electron chi connectivity index (χ1n) is 10.9. The Hall–Kier alpha value is -3.94. The predicted molar refractivity (Wildman–Crippen MR) is 129 cm³/mol. The monoisotopic (exact) mass is 444 g/mol. The second-order valence-corrected chi connectivity index (χ2v) is 8.07. The lowest BCUT2D eigenvalue weighted by Crippen LogP contribution is -2.26. The lowest BCUT2D eigenvalue weighted by atomic mass is 10.0. The van der Waals surface area contributed by atoms with Crippen LogP contribution in [0.2, 0.25) is 0 Å². The van der Waals surface area contributed by atoms with E-state index in [4.69, 9.17) is 4.98 Å². The molecule has 3 aromatic heterocycles. The molecule has 3 heterocycles. The third-order valence-corrected chi connectivity index (χ3v) is 5.90. The van der Waals surface area contributed by atoms with Crippen LogP contribution < -0.4 is 5.32 Å². The average molecular weight is 445 g/mol. The standard InChI is InChI=1S/C25H28N6O2/c1-6-31-16(3)17(13-27-31)14-30(5)25(33)20-12-24(23-10-9-21(26-4)15(2)28-23)29-22-8-7-18(32)11-19(20)22/h7-13,26,32H,6,14H2,1-5H3. The summed E-state index contributed by atoms with van der Waals surface area (Å²) >= 11 is 0. The summed E-state index contributed by atoms with van der Waals surface area (Å²) in [5.41, 5.74) is 6.18. The molecule has 2 N–H and O–H groups in total. The Labute approximate surface area is 192 Å². The smallest absolute Gasteiger partial charge is 0.254 e. The highest BCUT2D eigenvalue weighted by molar-refractivity contribution is 6.07. The lowest BCUT2D eigenvalue weighted by molar-refractivity contribution is 0.0787. The third kappa shape index (κ3) is 4.24. The van der Waals surface area contributed by atoms with Gasteiger partial charge in [0.2, 0.25) is 0 Å². The maximum Gasteiger partial charge on any atom is 0.254 e. The first-order valence-corrected chi connectivity index (χ1v) is 10.9. The fourth-order valence-corrected chi connectivity index (χ4v) is 3.98. The number of phenolic OH excluding ortho intramolecular Hbond substituents is 1. The summed E-state index contributed by atoms with van der Waals surface area (Å²) in [5.74, 6) is -0.0809. The molecule has 170 valence electrons. The Morgan fingerprint density at radius 2 is 1.91 bits per heavy atom. The number of aryl methyl sites for hydroxylation is 2. The Bertz CT molecular complexity index is 1340. The number of nitrogens with one attached hydrogen (secondary N) is 1. The molecule has 0 aliphatic rings. The molecular weight excluding hydrogens is 416 g/mol. The van der Waals surface area contributed by atoms with Gasteiger partial charge in [-0.3, -0.25) is 9.48 Å². The van der Waals surface area contributed by atoms with Crippen molar-refractivity contribution in [3.63, 3.8) is 0 Å². The Morgan fingerprint density at radius 3 is 2.58 bits per heavy atom. The number of amides is 1. The van der Waals surface area contributed by atoms with E-state index in [9.17, 15) is 9.90 Å². The van der Waals surface area contributed by atoms with Crippen LogP contribution in [0.4, 0.5) is 5.69 Å². The first kappa shape index (κ1) is 22.3. The Morgan fingerprint density at radius 1 is 1.12 bits per heavy atom. The number of benzene rings is 1. The lowest BCUT2D eigenvalue weighted by Gasteiger charge is -2.19. The van der Waals surface area contributed by atoms with E-state index in [0.717, 1.165) is 29.2 Å². The van der Waals surface area contributed by atoms with Gasteiger partial charge in [0.25, 0.3) is 5.91 Å². The number of anilines is 1. The maximum absolute atomic E-state index is 13.6. The predicted octanol–water partition coefficient (Wildman–Crippen LogP) is 4.15. The van der Waals surface area contributed by atoms with Crippen LogP contribution in [-0.4, -0.2) is 49.8 Å². The summed E-state index contributed by atoms with van der Waals surface area (Å²) in [6.45, 7) is 7.17. The number of hydrogen-bond acceptors (Lipinski definition) is 6. The highest BCUT2D eigenvalue weighted by Crippen LogP contribution is 2.29. The molecule has 1 aromatic carbocycles. The van der Waals surface area contributed by atoms with Crippen molar-refractivity contribution in [2.75, 3.05) is 19.4 Å². The minimum atomic E-state index is -0.165. The molecule has 8 heteroatoms. The highest BCUT2D eigenvalue weighted by atomic mass is 16.3. The second kappa shape index (κ2) is 8.90. The van der Waals surface area contributed by atoms with Crippen molar-refractivity contribution in [2.45, 2.75) is 33.9 Å². The number of aromatic nitrogens is 4. The van der Waals surface area contributed by atoms with Gasteiger partial charge in [-0.1, -0.05) is 0 Å². The molecule has 33 heavy (non-hydrogen) atoms. The third-order valence-electron chi connectivity index (χ3n) is 5.90. The number of rotatable bonds is 6. The number of fused-ring (bicyclic) bond motifs is 1. The van der Waals surface area contributed by atoms with Gasteiger partial charge in [0.05, 0.1) is 40.0 Å². The summed E-state index contributed by atoms with van der Waals surface area (Å²) < 4.78 is 1.91. The van der Waals surface area contributed by atoms with E-state index in [1.807, 2.05) is 44.6 Å². The van der Waals surface area contributed by atoms with Crippen molar-refractivity contribution in [1.29, 1.82) is 0 Å². The zero-order valence-electron chi connectivity index (χ0n) is 19.5. The molecule has 0 spiro atoms. The molecule has 1 amide bonds. The number of pyridine rings is 2. The van der Waals surface area contributed by atoms with Crippen molar-refractivity contribution in [3.8, 4) is 17.1 Å². The van der Waals surface area contributed by atoms with E-state index in [2.05, 4.69) is 15.4 Å². The zero-order chi connectivity index (χ0) is 23.7. The van der Waals surface area contributed by atoms with Crippen molar-refractivity contribution < 1.29 is 9.90 Å². The normalized spacial score (nSPS) is 11.1. The van der Waals surface area contributed by atoms with Crippen LogP contribution in [0.3, 0.4) is 0 Å². The van der Waals surface area contributed by atoms with Gasteiger partial charge in [-0.15, -0.1) is 0 Å². The molecule has 4 aromatic rings. The molecule has 0 saturated heterocycles. The van der Waals surface area contributed by atoms with Crippen LogP contribution in [0, 0.1) is 13.8 Å².